The van der Waals surface area contributed by atoms with Crippen LogP contribution in [0.1, 0.15) is 24.8 Å². The minimum Gasteiger partial charge on any atom is -0.482 e. The SMILES string of the molecule is O=C1COc2ccc(CNCCCN3CCCC3)cc2N1. The van der Waals surface area contributed by atoms with Crippen molar-refractivity contribution in [3.05, 3.63) is 23.8 Å². The largest absolute Gasteiger partial charge is 0.482 e. The first kappa shape index (κ1) is 14.4. The molecular formula is C16H23N3O2. The zero-order valence-corrected chi connectivity index (χ0v) is 12.4. The highest BCUT2D eigenvalue weighted by Gasteiger charge is 2.15. The Labute approximate surface area is 125 Å². The highest BCUT2D eigenvalue weighted by atomic mass is 16.5. The summed E-state index contributed by atoms with van der Waals surface area (Å²) in [6, 6.07) is 5.96. The molecule has 2 heterocycles. The van der Waals surface area contributed by atoms with Crippen LogP contribution in [0.25, 0.3) is 0 Å². The first-order chi connectivity index (χ1) is 10.3. The fourth-order valence-electron chi connectivity index (χ4n) is 2.91. The molecule has 0 bridgehead atoms. The van der Waals surface area contributed by atoms with Gasteiger partial charge in [-0.15, -0.1) is 0 Å². The Balaban J connectivity index is 1.41. The summed E-state index contributed by atoms with van der Waals surface area (Å²) in [4.78, 5) is 13.8. The second kappa shape index (κ2) is 6.91. The highest BCUT2D eigenvalue weighted by molar-refractivity contribution is 5.95. The van der Waals surface area contributed by atoms with Crippen molar-refractivity contribution >= 4 is 11.6 Å². The highest BCUT2D eigenvalue weighted by Crippen LogP contribution is 2.28. The standard InChI is InChI=1S/C16H23N3O2/c20-16-12-21-15-5-4-13(10-14(15)18-16)11-17-6-3-9-19-7-1-2-8-19/h4-5,10,17H,1-3,6-9,11-12H2,(H,18,20). The lowest BCUT2D eigenvalue weighted by atomic mass is 10.1. The van der Waals surface area contributed by atoms with E-state index in [1.807, 2.05) is 18.2 Å². The zero-order valence-electron chi connectivity index (χ0n) is 12.4. The topological polar surface area (TPSA) is 53.6 Å². The molecule has 0 unspecified atom stereocenters. The van der Waals surface area contributed by atoms with Crippen molar-refractivity contribution in [3.8, 4) is 5.75 Å². The van der Waals surface area contributed by atoms with E-state index in [1.165, 1.54) is 44.5 Å². The van der Waals surface area contributed by atoms with E-state index in [0.29, 0.717) is 0 Å². The lowest BCUT2D eigenvalue weighted by Crippen LogP contribution is -2.26. The number of carbonyl (C=O) groups excluding carboxylic acids is 1. The van der Waals surface area contributed by atoms with Gasteiger partial charge < -0.3 is 20.3 Å². The predicted octanol–water partition coefficient (Wildman–Crippen LogP) is 1.59. The van der Waals surface area contributed by atoms with Crippen LogP contribution in [0.15, 0.2) is 18.2 Å². The number of rotatable bonds is 6. The van der Waals surface area contributed by atoms with Gasteiger partial charge in [0.15, 0.2) is 6.61 Å². The van der Waals surface area contributed by atoms with Gasteiger partial charge in [-0.25, -0.2) is 0 Å². The Morgan fingerprint density at radius 2 is 2.14 bits per heavy atom. The Hall–Kier alpha value is -1.59. The van der Waals surface area contributed by atoms with Crippen LogP contribution in [0.3, 0.4) is 0 Å². The fourth-order valence-corrected chi connectivity index (χ4v) is 2.91. The Morgan fingerprint density at radius 3 is 3.00 bits per heavy atom. The monoisotopic (exact) mass is 289 g/mol. The maximum Gasteiger partial charge on any atom is 0.262 e. The molecule has 1 aromatic rings. The maximum absolute atomic E-state index is 11.3. The van der Waals surface area contributed by atoms with Gasteiger partial charge in [-0.1, -0.05) is 6.07 Å². The molecule has 1 fully saturated rings. The smallest absolute Gasteiger partial charge is 0.262 e. The fraction of sp³-hybridized carbons (Fsp3) is 0.562. The maximum atomic E-state index is 11.3. The summed E-state index contributed by atoms with van der Waals surface area (Å²) in [5, 5.41) is 6.30. The molecule has 0 aliphatic carbocycles. The first-order valence-electron chi connectivity index (χ1n) is 7.80. The van der Waals surface area contributed by atoms with E-state index in [1.54, 1.807) is 0 Å². The molecule has 0 radical (unpaired) electrons. The van der Waals surface area contributed by atoms with Crippen molar-refractivity contribution < 1.29 is 9.53 Å². The molecule has 3 rings (SSSR count). The van der Waals surface area contributed by atoms with Gasteiger partial charge >= 0.3 is 0 Å². The van der Waals surface area contributed by atoms with Gasteiger partial charge in [-0.3, -0.25) is 4.79 Å². The van der Waals surface area contributed by atoms with Crippen LogP contribution in [0.4, 0.5) is 5.69 Å². The number of nitrogens with zero attached hydrogens (tertiary/aromatic N) is 1. The zero-order chi connectivity index (χ0) is 14.5. The van der Waals surface area contributed by atoms with Crippen LogP contribution < -0.4 is 15.4 Å². The van der Waals surface area contributed by atoms with Gasteiger partial charge in [0.1, 0.15) is 5.75 Å². The van der Waals surface area contributed by atoms with Crippen molar-refractivity contribution in [2.24, 2.45) is 0 Å². The quantitative estimate of drug-likeness (QED) is 0.781. The molecule has 1 saturated heterocycles. The molecule has 0 saturated carbocycles. The number of fused-ring (bicyclic) bond motifs is 1. The summed E-state index contributed by atoms with van der Waals surface area (Å²) in [6.07, 6.45) is 3.90. The predicted molar refractivity (Wildman–Crippen MR) is 82.6 cm³/mol. The number of nitrogens with one attached hydrogen (secondary N) is 2. The van der Waals surface area contributed by atoms with Crippen LogP contribution in [-0.2, 0) is 11.3 Å². The summed E-state index contributed by atoms with van der Waals surface area (Å²) >= 11 is 0. The second-order valence-corrected chi connectivity index (χ2v) is 5.75. The van der Waals surface area contributed by atoms with Crippen molar-refractivity contribution in [2.45, 2.75) is 25.8 Å². The van der Waals surface area contributed by atoms with Gasteiger partial charge in [0.05, 0.1) is 5.69 Å². The van der Waals surface area contributed by atoms with Crippen LogP contribution in [0.5, 0.6) is 5.75 Å². The minimum atomic E-state index is -0.0850. The number of carbonyl (C=O) groups is 1. The average molecular weight is 289 g/mol. The second-order valence-electron chi connectivity index (χ2n) is 5.75. The molecule has 5 heteroatoms. The van der Waals surface area contributed by atoms with Gasteiger partial charge in [0.2, 0.25) is 0 Å². The molecule has 2 N–H and O–H groups in total. The molecule has 0 spiro atoms. The minimum absolute atomic E-state index is 0.0850. The van der Waals surface area contributed by atoms with Crippen LogP contribution in [-0.4, -0.2) is 43.6 Å². The molecule has 114 valence electrons. The summed E-state index contributed by atoms with van der Waals surface area (Å²) in [5.41, 5.74) is 1.95. The van der Waals surface area contributed by atoms with E-state index < -0.39 is 0 Å². The number of anilines is 1. The van der Waals surface area contributed by atoms with E-state index in [2.05, 4.69) is 15.5 Å². The van der Waals surface area contributed by atoms with E-state index in [4.69, 9.17) is 4.74 Å². The van der Waals surface area contributed by atoms with E-state index in [-0.39, 0.29) is 12.5 Å². The van der Waals surface area contributed by atoms with E-state index in [0.717, 1.165) is 24.5 Å². The number of likely N-dealkylation sites (tertiary alicyclic amines) is 1. The molecule has 1 aromatic carbocycles. The average Bonchev–Trinajstić information content (AvgIpc) is 3.00. The molecule has 2 aliphatic rings. The third-order valence-electron chi connectivity index (χ3n) is 4.03. The Kier molecular flexibility index (Phi) is 4.72. The van der Waals surface area contributed by atoms with Crippen molar-refractivity contribution in [3.63, 3.8) is 0 Å². The van der Waals surface area contributed by atoms with Gasteiger partial charge in [0, 0.05) is 6.54 Å². The third-order valence-corrected chi connectivity index (χ3v) is 4.03. The molecule has 0 atom stereocenters. The van der Waals surface area contributed by atoms with E-state index >= 15 is 0 Å². The molecular weight excluding hydrogens is 266 g/mol. The normalized spacial score (nSPS) is 18.2. The molecule has 1 amide bonds. The van der Waals surface area contributed by atoms with Gasteiger partial charge in [0.25, 0.3) is 5.91 Å². The summed E-state index contributed by atoms with van der Waals surface area (Å²) in [6.45, 7) is 5.69. The number of hydrogen-bond donors (Lipinski definition) is 2. The van der Waals surface area contributed by atoms with Crippen LogP contribution in [0.2, 0.25) is 0 Å². The number of amides is 1. The lowest BCUT2D eigenvalue weighted by Gasteiger charge is -2.18. The Morgan fingerprint density at radius 1 is 1.29 bits per heavy atom. The van der Waals surface area contributed by atoms with Crippen molar-refractivity contribution in [1.82, 2.24) is 10.2 Å². The summed E-state index contributed by atoms with van der Waals surface area (Å²) < 4.78 is 5.35. The van der Waals surface area contributed by atoms with Crippen molar-refractivity contribution in [1.29, 1.82) is 0 Å². The van der Waals surface area contributed by atoms with Crippen LogP contribution >= 0.6 is 0 Å². The summed E-state index contributed by atoms with van der Waals surface area (Å²) in [5.74, 6) is 0.672. The molecule has 0 aromatic heterocycles. The number of benzene rings is 1. The molecule has 21 heavy (non-hydrogen) atoms. The van der Waals surface area contributed by atoms with Crippen molar-refractivity contribution in [2.75, 3.05) is 38.1 Å². The number of ether oxygens (including phenoxy) is 1. The first-order valence-corrected chi connectivity index (χ1v) is 7.80. The summed E-state index contributed by atoms with van der Waals surface area (Å²) in [7, 11) is 0. The lowest BCUT2D eigenvalue weighted by molar-refractivity contribution is -0.118. The Bertz CT molecular complexity index is 498. The van der Waals surface area contributed by atoms with Crippen LogP contribution in [0, 0.1) is 0 Å². The number of hydrogen-bond acceptors (Lipinski definition) is 4. The third kappa shape index (κ3) is 3.95. The van der Waals surface area contributed by atoms with Gasteiger partial charge in [-0.2, -0.15) is 0 Å². The molecule has 2 aliphatic heterocycles. The van der Waals surface area contributed by atoms with Gasteiger partial charge in [-0.05, 0) is 63.1 Å². The van der Waals surface area contributed by atoms with E-state index in [9.17, 15) is 4.79 Å². The molecule has 5 nitrogen and oxygen atoms in total.